The van der Waals surface area contributed by atoms with E-state index < -0.39 is 11.6 Å². The third kappa shape index (κ3) is 7.75. The molecule has 0 aliphatic rings. The van der Waals surface area contributed by atoms with Crippen molar-refractivity contribution >= 4 is 35.0 Å². The highest BCUT2D eigenvalue weighted by molar-refractivity contribution is 6.42. The molecule has 0 aromatic heterocycles. The van der Waals surface area contributed by atoms with Crippen LogP contribution in [0.3, 0.4) is 0 Å². The second-order valence-corrected chi connectivity index (χ2v) is 9.35. The van der Waals surface area contributed by atoms with Crippen LogP contribution in [0, 0.1) is 6.92 Å². The molecule has 1 atom stereocenters. The highest BCUT2D eigenvalue weighted by Gasteiger charge is 2.31. The number of halogens is 2. The van der Waals surface area contributed by atoms with E-state index >= 15 is 0 Å². The van der Waals surface area contributed by atoms with Crippen molar-refractivity contribution in [2.24, 2.45) is 0 Å². The van der Waals surface area contributed by atoms with Crippen LogP contribution in [0.4, 0.5) is 0 Å². The first-order valence-corrected chi connectivity index (χ1v) is 11.0. The van der Waals surface area contributed by atoms with Gasteiger partial charge in [-0.1, -0.05) is 53.9 Å². The van der Waals surface area contributed by atoms with Gasteiger partial charge in [0.2, 0.25) is 5.91 Å². The van der Waals surface area contributed by atoms with Gasteiger partial charge in [0.25, 0.3) is 5.91 Å². The van der Waals surface area contributed by atoms with E-state index in [0.717, 1.165) is 11.1 Å². The maximum absolute atomic E-state index is 13.2. The molecule has 0 aliphatic heterocycles. The van der Waals surface area contributed by atoms with Crippen LogP contribution in [-0.4, -0.2) is 34.9 Å². The van der Waals surface area contributed by atoms with Crippen LogP contribution in [0.5, 0.6) is 5.75 Å². The summed E-state index contributed by atoms with van der Waals surface area (Å²) in [5.74, 6) is 0.0990. The number of rotatable bonds is 8. The Labute approximate surface area is 194 Å². The average Bonchev–Trinajstić information content (AvgIpc) is 2.68. The Morgan fingerprint density at radius 1 is 1.06 bits per heavy atom. The molecule has 0 spiro atoms. The molecule has 2 rings (SSSR count). The third-order valence-electron chi connectivity index (χ3n) is 4.60. The summed E-state index contributed by atoms with van der Waals surface area (Å²) < 4.78 is 5.69. The SMILES string of the molecule is CC[C@@H](C(=O)NC(C)(C)C)N(Cc1ccc(Cl)c(Cl)c1)C(=O)COc1ccc(C)cc1. The third-order valence-corrected chi connectivity index (χ3v) is 5.34. The van der Waals surface area contributed by atoms with Gasteiger partial charge in [0.15, 0.2) is 6.61 Å². The molecule has 0 unspecified atom stereocenters. The predicted octanol–water partition coefficient (Wildman–Crippen LogP) is 5.40. The van der Waals surface area contributed by atoms with E-state index in [0.29, 0.717) is 22.2 Å². The first-order chi connectivity index (χ1) is 14.5. The summed E-state index contributed by atoms with van der Waals surface area (Å²) in [5.41, 5.74) is 1.46. The summed E-state index contributed by atoms with van der Waals surface area (Å²) in [6.45, 7) is 9.61. The molecule has 0 saturated heterocycles. The summed E-state index contributed by atoms with van der Waals surface area (Å²) in [5, 5.41) is 3.80. The van der Waals surface area contributed by atoms with Crippen LogP contribution in [0.1, 0.15) is 45.2 Å². The van der Waals surface area contributed by atoms with E-state index in [1.54, 1.807) is 18.2 Å². The highest BCUT2D eigenvalue weighted by Crippen LogP contribution is 2.24. The lowest BCUT2D eigenvalue weighted by atomic mass is 10.1. The second-order valence-electron chi connectivity index (χ2n) is 8.54. The van der Waals surface area contributed by atoms with Gasteiger partial charge in [-0.05, 0) is 63.9 Å². The number of hydrogen-bond donors (Lipinski definition) is 1. The van der Waals surface area contributed by atoms with Crippen LogP contribution >= 0.6 is 23.2 Å². The van der Waals surface area contributed by atoms with Crippen molar-refractivity contribution in [2.75, 3.05) is 6.61 Å². The van der Waals surface area contributed by atoms with Crippen molar-refractivity contribution in [1.29, 1.82) is 0 Å². The number of benzene rings is 2. The van der Waals surface area contributed by atoms with Gasteiger partial charge in [-0.3, -0.25) is 9.59 Å². The average molecular weight is 465 g/mol. The minimum Gasteiger partial charge on any atom is -0.484 e. The first kappa shape index (κ1) is 25.0. The number of nitrogens with one attached hydrogen (secondary N) is 1. The van der Waals surface area contributed by atoms with E-state index in [9.17, 15) is 9.59 Å². The summed E-state index contributed by atoms with van der Waals surface area (Å²) in [6.07, 6.45) is 0.458. The largest absolute Gasteiger partial charge is 0.484 e. The molecule has 0 bridgehead atoms. The van der Waals surface area contributed by atoms with Crippen molar-refractivity contribution in [2.45, 2.75) is 59.2 Å². The minimum absolute atomic E-state index is 0.177. The van der Waals surface area contributed by atoms with E-state index in [2.05, 4.69) is 5.32 Å². The molecule has 2 aromatic rings. The molecule has 5 nitrogen and oxygen atoms in total. The van der Waals surface area contributed by atoms with Gasteiger partial charge >= 0.3 is 0 Å². The molecule has 2 amide bonds. The second kappa shape index (κ2) is 10.9. The number of hydrogen-bond acceptors (Lipinski definition) is 3. The van der Waals surface area contributed by atoms with Crippen molar-refractivity contribution in [1.82, 2.24) is 10.2 Å². The van der Waals surface area contributed by atoms with E-state index in [-0.39, 0.29) is 25.0 Å². The lowest BCUT2D eigenvalue weighted by molar-refractivity contribution is -0.143. The fourth-order valence-electron chi connectivity index (χ4n) is 3.07. The maximum atomic E-state index is 13.2. The topological polar surface area (TPSA) is 58.6 Å². The quantitative estimate of drug-likeness (QED) is 0.568. The lowest BCUT2D eigenvalue weighted by Crippen LogP contribution is -2.54. The summed E-state index contributed by atoms with van der Waals surface area (Å²) in [4.78, 5) is 27.7. The summed E-state index contributed by atoms with van der Waals surface area (Å²) >= 11 is 12.2. The molecule has 0 fully saturated rings. The number of amides is 2. The van der Waals surface area contributed by atoms with Gasteiger partial charge in [-0.2, -0.15) is 0 Å². The van der Waals surface area contributed by atoms with E-state index in [1.165, 1.54) is 4.90 Å². The molecule has 1 N–H and O–H groups in total. The first-order valence-electron chi connectivity index (χ1n) is 10.2. The lowest BCUT2D eigenvalue weighted by Gasteiger charge is -2.33. The van der Waals surface area contributed by atoms with Crippen LogP contribution in [0.15, 0.2) is 42.5 Å². The molecular weight excluding hydrogens is 435 g/mol. The zero-order valence-corrected chi connectivity index (χ0v) is 20.2. The number of carbonyl (C=O) groups is 2. The Bertz CT molecular complexity index is 908. The number of nitrogens with zero attached hydrogens (tertiary/aromatic N) is 1. The molecule has 31 heavy (non-hydrogen) atoms. The molecular formula is C24H30Cl2N2O3. The van der Waals surface area contributed by atoms with Gasteiger partial charge in [0.1, 0.15) is 11.8 Å². The summed E-state index contributed by atoms with van der Waals surface area (Å²) in [6, 6.07) is 12.0. The molecule has 0 radical (unpaired) electrons. The maximum Gasteiger partial charge on any atom is 0.261 e. The van der Waals surface area contributed by atoms with Crippen molar-refractivity contribution in [3.63, 3.8) is 0 Å². The smallest absolute Gasteiger partial charge is 0.261 e. The fourth-order valence-corrected chi connectivity index (χ4v) is 3.39. The Morgan fingerprint density at radius 3 is 2.26 bits per heavy atom. The van der Waals surface area contributed by atoms with Crippen LogP contribution < -0.4 is 10.1 Å². The van der Waals surface area contributed by atoms with Crippen molar-refractivity contribution in [3.05, 3.63) is 63.6 Å². The molecule has 0 saturated carbocycles. The van der Waals surface area contributed by atoms with Gasteiger partial charge in [0.05, 0.1) is 10.0 Å². The van der Waals surface area contributed by atoms with Crippen LogP contribution in [0.25, 0.3) is 0 Å². The molecule has 0 heterocycles. The van der Waals surface area contributed by atoms with Gasteiger partial charge in [-0.25, -0.2) is 0 Å². The standard InChI is InChI=1S/C24H30Cl2N2O3/c1-6-21(23(30)27-24(3,4)5)28(14-17-9-12-19(25)20(26)13-17)22(29)15-31-18-10-7-16(2)8-11-18/h7-13,21H,6,14-15H2,1-5H3,(H,27,30)/t21-/m0/s1. The van der Waals surface area contributed by atoms with Gasteiger partial charge < -0.3 is 15.0 Å². The zero-order valence-electron chi connectivity index (χ0n) is 18.7. The Kier molecular flexibility index (Phi) is 8.78. The van der Waals surface area contributed by atoms with Crippen molar-refractivity contribution in [3.8, 4) is 5.75 Å². The minimum atomic E-state index is -0.650. The zero-order chi connectivity index (χ0) is 23.2. The Balaban J connectivity index is 2.25. The molecule has 168 valence electrons. The van der Waals surface area contributed by atoms with Crippen LogP contribution in [-0.2, 0) is 16.1 Å². The molecule has 7 heteroatoms. The number of aryl methyl sites for hydroxylation is 1. The molecule has 2 aromatic carbocycles. The van der Waals surface area contributed by atoms with E-state index in [1.807, 2.05) is 58.9 Å². The van der Waals surface area contributed by atoms with Gasteiger partial charge in [-0.15, -0.1) is 0 Å². The Hall–Kier alpha value is -2.24. The fraction of sp³-hybridized carbons (Fsp3) is 0.417. The van der Waals surface area contributed by atoms with E-state index in [4.69, 9.17) is 27.9 Å². The predicted molar refractivity (Wildman–Crippen MR) is 126 cm³/mol. The normalized spacial score (nSPS) is 12.2. The summed E-state index contributed by atoms with van der Waals surface area (Å²) in [7, 11) is 0. The molecule has 0 aliphatic carbocycles. The highest BCUT2D eigenvalue weighted by atomic mass is 35.5. The van der Waals surface area contributed by atoms with Crippen LogP contribution in [0.2, 0.25) is 10.0 Å². The number of carbonyl (C=O) groups excluding carboxylic acids is 2. The monoisotopic (exact) mass is 464 g/mol. The number of ether oxygens (including phenoxy) is 1. The van der Waals surface area contributed by atoms with Gasteiger partial charge in [0, 0.05) is 12.1 Å². The Morgan fingerprint density at radius 2 is 1.71 bits per heavy atom. The van der Waals surface area contributed by atoms with Crippen molar-refractivity contribution < 1.29 is 14.3 Å².